The van der Waals surface area contributed by atoms with E-state index in [0.29, 0.717) is 0 Å². The standard InChI is InChI=1S/C17H5F27O2/c1-3(2)4(45)46-15(38,12(32,33)14(36,37)17(42,43)44)11(30,31)9(26,27)7(22,23)5(18,19)6(20,21)8(24,25)10(28,29)13(34,35)16(39,40)41/h1H2,2H3. The highest BCUT2D eigenvalue weighted by Gasteiger charge is 3.00. The maximum Gasteiger partial charge on any atom is 0.460 e. The molecule has 0 aliphatic heterocycles. The molecule has 2 nitrogen and oxygen atoms in total. The molecule has 0 saturated heterocycles. The maximum absolute atomic E-state index is 14.7. The van der Waals surface area contributed by atoms with Gasteiger partial charge < -0.3 is 4.74 Å². The number of carbonyl (C=O) groups is 1. The molecule has 0 spiro atoms. The number of hydrogen-bond acceptors (Lipinski definition) is 2. The van der Waals surface area contributed by atoms with Gasteiger partial charge in [-0.1, -0.05) is 6.58 Å². The fourth-order valence-electron chi connectivity index (χ4n) is 2.48. The average molecular weight is 754 g/mol. The molecule has 0 fully saturated rings. The van der Waals surface area contributed by atoms with E-state index in [1.54, 1.807) is 0 Å². The largest absolute Gasteiger partial charge is 0.460 e. The van der Waals surface area contributed by atoms with Crippen LogP contribution in [0.3, 0.4) is 0 Å². The van der Waals surface area contributed by atoms with Crippen LogP contribution in [-0.4, -0.2) is 83.4 Å². The van der Waals surface area contributed by atoms with Gasteiger partial charge in [0.2, 0.25) is 0 Å². The Morgan fingerprint density at radius 2 is 0.543 bits per heavy atom. The SMILES string of the molecule is C=C(C)C(=O)OC(F)(C(F)(F)C(F)(F)C(F)(F)F)C(F)(F)C(F)(F)C(F)(F)C(F)(F)C(F)(F)C(F)(F)C(F)(F)C(F)(F)C(F)(F)F. The highest BCUT2D eigenvalue weighted by atomic mass is 19.4. The monoisotopic (exact) mass is 754 g/mol. The Bertz CT molecular complexity index is 1170. The minimum atomic E-state index is -9.82. The van der Waals surface area contributed by atoms with Gasteiger partial charge in [-0.25, -0.2) is 4.79 Å². The lowest BCUT2D eigenvalue weighted by Crippen LogP contribution is -2.80. The van der Waals surface area contributed by atoms with Crippen LogP contribution in [-0.2, 0) is 9.53 Å². The van der Waals surface area contributed by atoms with Crippen LogP contribution in [0.15, 0.2) is 12.2 Å². The summed E-state index contributed by atoms with van der Waals surface area (Å²) in [6, 6.07) is 0. The van der Waals surface area contributed by atoms with E-state index in [-0.39, 0.29) is 6.92 Å². The van der Waals surface area contributed by atoms with E-state index in [4.69, 9.17) is 0 Å². The Hall–Kier alpha value is -2.68. The van der Waals surface area contributed by atoms with Crippen molar-refractivity contribution in [3.8, 4) is 0 Å². The molecule has 0 aromatic carbocycles. The molecule has 0 aliphatic carbocycles. The van der Waals surface area contributed by atoms with Crippen molar-refractivity contribution < 1.29 is 128 Å². The molecule has 0 heterocycles. The van der Waals surface area contributed by atoms with E-state index in [2.05, 4.69) is 6.58 Å². The third-order valence-electron chi connectivity index (χ3n) is 5.26. The van der Waals surface area contributed by atoms with E-state index in [1.807, 2.05) is 4.74 Å². The molecule has 0 radical (unpaired) electrons. The number of rotatable bonds is 12. The van der Waals surface area contributed by atoms with Crippen LogP contribution in [0.1, 0.15) is 6.92 Å². The number of halogens is 27. The van der Waals surface area contributed by atoms with Crippen LogP contribution in [0, 0.1) is 0 Å². The Kier molecular flexibility index (Phi) is 10.0. The molecular formula is C17H5F27O2. The van der Waals surface area contributed by atoms with Crippen molar-refractivity contribution in [2.75, 3.05) is 0 Å². The van der Waals surface area contributed by atoms with Crippen LogP contribution in [0.2, 0.25) is 0 Å². The zero-order valence-electron chi connectivity index (χ0n) is 20.2. The fraction of sp³-hybridized carbons (Fsp3) is 0.824. The number of esters is 1. The van der Waals surface area contributed by atoms with Gasteiger partial charge in [-0.2, -0.15) is 119 Å². The summed E-state index contributed by atoms with van der Waals surface area (Å²) < 4.78 is 363. The Morgan fingerprint density at radius 1 is 0.370 bits per heavy atom. The molecule has 29 heteroatoms. The third kappa shape index (κ3) is 5.14. The van der Waals surface area contributed by atoms with Crippen molar-refractivity contribution in [1.29, 1.82) is 0 Å². The molecule has 0 N–H and O–H groups in total. The molecule has 0 amide bonds. The fourth-order valence-corrected chi connectivity index (χ4v) is 2.48. The van der Waals surface area contributed by atoms with E-state index in [0.717, 1.165) is 0 Å². The lowest BCUT2D eigenvalue weighted by Gasteiger charge is -2.47. The minimum Gasteiger partial charge on any atom is -0.413 e. The molecule has 0 saturated carbocycles. The van der Waals surface area contributed by atoms with E-state index in [9.17, 15) is 123 Å². The van der Waals surface area contributed by atoms with Crippen LogP contribution >= 0.6 is 0 Å². The minimum absolute atomic E-state index is 0.151. The van der Waals surface area contributed by atoms with Gasteiger partial charge in [0.05, 0.1) is 0 Å². The van der Waals surface area contributed by atoms with Crippen molar-refractivity contribution in [2.24, 2.45) is 0 Å². The van der Waals surface area contributed by atoms with Gasteiger partial charge in [-0.15, -0.1) is 0 Å². The van der Waals surface area contributed by atoms with Crippen LogP contribution < -0.4 is 0 Å². The highest BCUT2D eigenvalue weighted by molar-refractivity contribution is 5.87. The Labute approximate surface area is 232 Å². The van der Waals surface area contributed by atoms with E-state index in [1.165, 1.54) is 0 Å². The molecule has 0 aromatic rings. The topological polar surface area (TPSA) is 26.3 Å². The summed E-state index contributed by atoms with van der Waals surface area (Å²) in [5, 5.41) is 0. The summed E-state index contributed by atoms with van der Waals surface area (Å²) in [5.74, 6) is -106. The van der Waals surface area contributed by atoms with E-state index < -0.39 is 89.0 Å². The lowest BCUT2D eigenvalue weighted by atomic mass is 9.84. The van der Waals surface area contributed by atoms with Crippen LogP contribution in [0.25, 0.3) is 0 Å². The van der Waals surface area contributed by atoms with Gasteiger partial charge in [0, 0.05) is 5.57 Å². The van der Waals surface area contributed by atoms with Crippen molar-refractivity contribution in [3.63, 3.8) is 0 Å². The normalized spacial score (nSPS) is 17.5. The lowest BCUT2D eigenvalue weighted by molar-refractivity contribution is -0.494. The van der Waals surface area contributed by atoms with Crippen LogP contribution in [0.4, 0.5) is 119 Å². The number of carbonyl (C=O) groups excluding carboxylic acids is 1. The smallest absolute Gasteiger partial charge is 0.413 e. The molecule has 0 rings (SSSR count). The van der Waals surface area contributed by atoms with Crippen molar-refractivity contribution >= 4 is 5.97 Å². The van der Waals surface area contributed by atoms with Crippen molar-refractivity contribution in [1.82, 2.24) is 0 Å². The first-order valence-electron chi connectivity index (χ1n) is 9.82. The van der Waals surface area contributed by atoms with Crippen LogP contribution in [0.5, 0.6) is 0 Å². The summed E-state index contributed by atoms with van der Waals surface area (Å²) in [6.45, 7) is 1.94. The van der Waals surface area contributed by atoms with Gasteiger partial charge in [0.15, 0.2) is 0 Å². The Morgan fingerprint density at radius 3 is 0.761 bits per heavy atom. The summed E-state index contributed by atoms with van der Waals surface area (Å²) in [6.07, 6.45) is -16.5. The van der Waals surface area contributed by atoms with Gasteiger partial charge in [0.1, 0.15) is 0 Å². The average Bonchev–Trinajstić information content (AvgIpc) is 2.80. The predicted octanol–water partition coefficient (Wildman–Crippen LogP) is 9.25. The first-order chi connectivity index (χ1) is 19.3. The molecular weight excluding hydrogens is 749 g/mol. The van der Waals surface area contributed by atoms with Gasteiger partial charge in [0.25, 0.3) is 0 Å². The molecule has 0 bridgehead atoms. The summed E-state index contributed by atoms with van der Waals surface area (Å²) in [4.78, 5) is 11.2. The predicted molar refractivity (Wildman–Crippen MR) is 86.3 cm³/mol. The second kappa shape index (κ2) is 10.7. The zero-order chi connectivity index (χ0) is 38.4. The number of ether oxygens (including phenoxy) is 1. The van der Waals surface area contributed by atoms with Crippen molar-refractivity contribution in [2.45, 2.75) is 84.4 Å². The van der Waals surface area contributed by atoms with Gasteiger partial charge in [-0.05, 0) is 6.92 Å². The first kappa shape index (κ1) is 43.3. The molecule has 1 atom stereocenters. The highest BCUT2D eigenvalue weighted by Crippen LogP contribution is 2.68. The Balaban J connectivity index is 7.92. The summed E-state index contributed by atoms with van der Waals surface area (Å²) in [7, 11) is 0. The number of hydrogen-bond donors (Lipinski definition) is 0. The summed E-state index contributed by atoms with van der Waals surface area (Å²) in [5.41, 5.74) is -2.04. The third-order valence-corrected chi connectivity index (χ3v) is 5.26. The zero-order valence-corrected chi connectivity index (χ0v) is 20.2. The first-order valence-corrected chi connectivity index (χ1v) is 9.82. The molecule has 1 unspecified atom stereocenters. The number of alkyl halides is 27. The molecule has 0 aliphatic rings. The van der Waals surface area contributed by atoms with Gasteiger partial charge >= 0.3 is 83.4 Å². The maximum atomic E-state index is 14.7. The van der Waals surface area contributed by atoms with Crippen molar-refractivity contribution in [3.05, 3.63) is 12.2 Å². The van der Waals surface area contributed by atoms with Gasteiger partial charge in [-0.3, -0.25) is 0 Å². The van der Waals surface area contributed by atoms with E-state index >= 15 is 0 Å². The molecule has 274 valence electrons. The second-order valence-corrected chi connectivity index (χ2v) is 8.50. The summed E-state index contributed by atoms with van der Waals surface area (Å²) >= 11 is 0. The quantitative estimate of drug-likeness (QED) is 0.113. The molecule has 0 aromatic heterocycles. The second-order valence-electron chi connectivity index (χ2n) is 8.50. The molecule has 46 heavy (non-hydrogen) atoms.